The van der Waals surface area contributed by atoms with Crippen molar-refractivity contribution in [2.75, 3.05) is 0 Å². The van der Waals surface area contributed by atoms with E-state index < -0.39 is 21.1 Å². The summed E-state index contributed by atoms with van der Waals surface area (Å²) in [7, 11) is -3.61. The molecule has 1 aromatic rings. The van der Waals surface area contributed by atoms with Crippen molar-refractivity contribution in [3.8, 4) is 0 Å². The fraction of sp³-hybridized carbons (Fsp3) is 0.600. The maximum absolute atomic E-state index is 12.7. The molecule has 1 aliphatic carbocycles. The summed E-state index contributed by atoms with van der Waals surface area (Å²) in [4.78, 5) is 7.72. The Morgan fingerprint density at radius 2 is 1.82 bits per heavy atom. The average Bonchev–Trinajstić information content (AvgIpc) is 2.29. The number of primary sulfonamides is 1. The van der Waals surface area contributed by atoms with Gasteiger partial charge in [0.05, 0.1) is 17.6 Å². The molecule has 2 N–H and O–H groups in total. The normalized spacial score (nSPS) is 25.8. The molecule has 0 spiro atoms. The van der Waals surface area contributed by atoms with Crippen LogP contribution in [0.1, 0.15) is 37.4 Å². The molecule has 7 heteroatoms. The van der Waals surface area contributed by atoms with Gasteiger partial charge in [0.25, 0.3) is 0 Å². The third-order valence-electron chi connectivity index (χ3n) is 3.10. The topological polar surface area (TPSA) is 85.9 Å². The van der Waals surface area contributed by atoms with Crippen LogP contribution in [0.15, 0.2) is 12.4 Å². The molecule has 0 aromatic carbocycles. The number of aromatic nitrogens is 2. The van der Waals surface area contributed by atoms with Crippen LogP contribution in [0, 0.1) is 5.82 Å². The van der Waals surface area contributed by atoms with Crippen LogP contribution in [0.3, 0.4) is 0 Å². The molecule has 0 bridgehead atoms. The van der Waals surface area contributed by atoms with Crippen molar-refractivity contribution in [2.24, 2.45) is 5.14 Å². The van der Waals surface area contributed by atoms with E-state index in [0.717, 1.165) is 25.2 Å². The van der Waals surface area contributed by atoms with Crippen molar-refractivity contribution < 1.29 is 12.8 Å². The smallest absolute Gasteiger partial charge is 0.212 e. The minimum atomic E-state index is -3.61. The zero-order chi connectivity index (χ0) is 12.5. The Hall–Kier alpha value is -1.08. The Balaban J connectivity index is 2.31. The largest absolute Gasteiger partial charge is 0.238 e. The third kappa shape index (κ3) is 2.78. The molecular weight excluding hydrogens is 245 g/mol. The molecule has 2 rings (SSSR count). The second kappa shape index (κ2) is 4.66. The Bertz CT molecular complexity index is 489. The van der Waals surface area contributed by atoms with E-state index in [9.17, 15) is 12.8 Å². The van der Waals surface area contributed by atoms with E-state index >= 15 is 0 Å². The zero-order valence-corrected chi connectivity index (χ0v) is 10.0. The number of rotatable bonds is 2. The maximum atomic E-state index is 12.7. The van der Waals surface area contributed by atoms with Crippen LogP contribution in [0.2, 0.25) is 0 Å². The summed E-state index contributed by atoms with van der Waals surface area (Å²) in [5.74, 6) is -0.485. The number of sulfonamides is 1. The highest BCUT2D eigenvalue weighted by molar-refractivity contribution is 7.89. The van der Waals surface area contributed by atoms with E-state index in [-0.39, 0.29) is 5.92 Å². The van der Waals surface area contributed by atoms with Crippen molar-refractivity contribution >= 4 is 10.0 Å². The van der Waals surface area contributed by atoms with Crippen LogP contribution in [0.5, 0.6) is 0 Å². The quantitative estimate of drug-likeness (QED) is 0.856. The van der Waals surface area contributed by atoms with E-state index in [2.05, 4.69) is 9.97 Å². The van der Waals surface area contributed by atoms with Crippen LogP contribution in [-0.2, 0) is 10.0 Å². The standard InChI is InChI=1S/C10H14FN3O2S/c11-7-5-13-10(14-6-7)8-3-1-2-4-9(8)17(12,15)16/h5-6,8-9H,1-4H2,(H2,12,15,16)/t8-,9+/m0/s1. The van der Waals surface area contributed by atoms with Crippen LogP contribution < -0.4 is 5.14 Å². The molecule has 94 valence electrons. The summed E-state index contributed by atoms with van der Waals surface area (Å²) >= 11 is 0. The van der Waals surface area contributed by atoms with Gasteiger partial charge >= 0.3 is 0 Å². The van der Waals surface area contributed by atoms with Crippen LogP contribution >= 0.6 is 0 Å². The van der Waals surface area contributed by atoms with E-state index in [4.69, 9.17) is 5.14 Å². The SMILES string of the molecule is NS(=O)(=O)[C@@H]1CCCC[C@@H]1c1ncc(F)cn1. The lowest BCUT2D eigenvalue weighted by Crippen LogP contribution is -2.36. The van der Waals surface area contributed by atoms with Gasteiger partial charge in [-0.15, -0.1) is 0 Å². The highest BCUT2D eigenvalue weighted by Gasteiger charge is 2.35. The van der Waals surface area contributed by atoms with E-state index in [0.29, 0.717) is 18.7 Å². The van der Waals surface area contributed by atoms with Gasteiger partial charge in [-0.2, -0.15) is 0 Å². The lowest BCUT2D eigenvalue weighted by Gasteiger charge is -2.28. The minimum Gasteiger partial charge on any atom is -0.238 e. The summed E-state index contributed by atoms with van der Waals surface area (Å²) < 4.78 is 35.7. The lowest BCUT2D eigenvalue weighted by atomic mass is 9.88. The minimum absolute atomic E-state index is 0.320. The Morgan fingerprint density at radius 3 is 2.41 bits per heavy atom. The van der Waals surface area contributed by atoms with Gasteiger partial charge in [0.2, 0.25) is 10.0 Å². The van der Waals surface area contributed by atoms with Crippen molar-refractivity contribution in [1.82, 2.24) is 9.97 Å². The first kappa shape index (κ1) is 12.4. The number of halogens is 1. The first-order valence-corrected chi connectivity index (χ1v) is 7.08. The van der Waals surface area contributed by atoms with E-state index in [1.807, 2.05) is 0 Å². The summed E-state index contributed by atoms with van der Waals surface area (Å²) in [6, 6.07) is 0. The van der Waals surface area contributed by atoms with Gasteiger partial charge < -0.3 is 0 Å². The van der Waals surface area contributed by atoms with Crippen LogP contribution in [0.4, 0.5) is 4.39 Å². The van der Waals surface area contributed by atoms with Crippen molar-refractivity contribution in [3.63, 3.8) is 0 Å². The first-order chi connectivity index (χ1) is 7.98. The average molecular weight is 259 g/mol. The van der Waals surface area contributed by atoms with Gasteiger partial charge in [-0.1, -0.05) is 12.8 Å². The highest BCUT2D eigenvalue weighted by Crippen LogP contribution is 2.34. The first-order valence-electron chi connectivity index (χ1n) is 5.47. The van der Waals surface area contributed by atoms with E-state index in [1.165, 1.54) is 0 Å². The van der Waals surface area contributed by atoms with Gasteiger partial charge in [0, 0.05) is 5.92 Å². The summed E-state index contributed by atoms with van der Waals surface area (Å²) in [5, 5.41) is 4.56. The molecular formula is C10H14FN3O2S. The fourth-order valence-electron chi connectivity index (χ4n) is 2.30. The highest BCUT2D eigenvalue weighted by atomic mass is 32.2. The van der Waals surface area contributed by atoms with Crippen LogP contribution in [-0.4, -0.2) is 23.6 Å². The lowest BCUT2D eigenvalue weighted by molar-refractivity contribution is 0.419. The summed E-state index contributed by atoms with van der Waals surface area (Å²) in [6.07, 6.45) is 5.04. The molecule has 0 radical (unpaired) electrons. The number of hydrogen-bond donors (Lipinski definition) is 1. The molecule has 1 fully saturated rings. The molecule has 0 amide bonds. The predicted octanol–water partition coefficient (Wildman–Crippen LogP) is 0.930. The van der Waals surface area contributed by atoms with Crippen molar-refractivity contribution in [1.29, 1.82) is 0 Å². The number of nitrogens with two attached hydrogens (primary N) is 1. The Kier molecular flexibility index (Phi) is 3.39. The number of hydrogen-bond acceptors (Lipinski definition) is 4. The monoisotopic (exact) mass is 259 g/mol. The molecule has 17 heavy (non-hydrogen) atoms. The predicted molar refractivity (Wildman–Crippen MR) is 60.1 cm³/mol. The van der Waals surface area contributed by atoms with Gasteiger partial charge in [-0.25, -0.2) is 27.9 Å². The molecule has 1 aromatic heterocycles. The molecule has 0 unspecified atom stereocenters. The second-order valence-corrected chi connectivity index (χ2v) is 6.06. The Labute approximate surface area is 99.3 Å². The number of nitrogens with zero attached hydrogens (tertiary/aromatic N) is 2. The maximum Gasteiger partial charge on any atom is 0.212 e. The molecule has 1 aliphatic rings. The van der Waals surface area contributed by atoms with Crippen LogP contribution in [0.25, 0.3) is 0 Å². The van der Waals surface area contributed by atoms with Gasteiger partial charge in [-0.3, -0.25) is 0 Å². The molecule has 2 atom stereocenters. The van der Waals surface area contributed by atoms with Crippen molar-refractivity contribution in [3.05, 3.63) is 24.0 Å². The summed E-state index contributed by atoms with van der Waals surface area (Å²) in [5.41, 5.74) is 0. The van der Waals surface area contributed by atoms with Gasteiger partial charge in [-0.05, 0) is 12.8 Å². The third-order valence-corrected chi connectivity index (χ3v) is 4.50. The van der Waals surface area contributed by atoms with Crippen molar-refractivity contribution in [2.45, 2.75) is 36.9 Å². The molecule has 1 heterocycles. The van der Waals surface area contributed by atoms with E-state index in [1.54, 1.807) is 0 Å². The molecule has 1 saturated carbocycles. The fourth-order valence-corrected chi connectivity index (χ4v) is 3.51. The Morgan fingerprint density at radius 1 is 1.24 bits per heavy atom. The molecule has 0 saturated heterocycles. The zero-order valence-electron chi connectivity index (χ0n) is 9.21. The second-order valence-electron chi connectivity index (χ2n) is 4.28. The summed E-state index contributed by atoms with van der Waals surface area (Å²) in [6.45, 7) is 0. The van der Waals surface area contributed by atoms with Gasteiger partial charge in [0.15, 0.2) is 5.82 Å². The van der Waals surface area contributed by atoms with Gasteiger partial charge in [0.1, 0.15) is 5.82 Å². The molecule has 5 nitrogen and oxygen atoms in total. The molecule has 0 aliphatic heterocycles.